The van der Waals surface area contributed by atoms with Crippen LogP contribution >= 0.6 is 11.3 Å². The molecule has 0 saturated carbocycles. The van der Waals surface area contributed by atoms with Crippen LogP contribution < -0.4 is 0 Å². The van der Waals surface area contributed by atoms with E-state index < -0.39 is 0 Å². The van der Waals surface area contributed by atoms with Gasteiger partial charge in [-0.25, -0.2) is 9.97 Å². The number of thiazole rings is 1. The van der Waals surface area contributed by atoms with E-state index in [2.05, 4.69) is 118 Å². The van der Waals surface area contributed by atoms with Gasteiger partial charge in [0.15, 0.2) is 0 Å². The van der Waals surface area contributed by atoms with Crippen molar-refractivity contribution < 1.29 is 0 Å². The summed E-state index contributed by atoms with van der Waals surface area (Å²) < 4.78 is 5.87. The van der Waals surface area contributed by atoms with E-state index in [9.17, 15) is 0 Å². The van der Waals surface area contributed by atoms with Crippen LogP contribution in [0.5, 0.6) is 0 Å². The van der Waals surface area contributed by atoms with E-state index in [0.29, 0.717) is 0 Å². The van der Waals surface area contributed by atoms with E-state index in [1.54, 1.807) is 11.3 Å². The average molecular weight is 543 g/mol. The molecule has 4 nitrogen and oxygen atoms in total. The molecule has 0 fully saturated rings. The predicted octanol–water partition coefficient (Wildman–Crippen LogP) is 9.55. The van der Waals surface area contributed by atoms with Gasteiger partial charge in [-0.2, -0.15) is 0 Å². The minimum atomic E-state index is 0.913. The maximum Gasteiger partial charge on any atom is 0.137 e. The maximum atomic E-state index is 4.96. The summed E-state index contributed by atoms with van der Waals surface area (Å²) in [7, 11) is 0. The van der Waals surface area contributed by atoms with Gasteiger partial charge in [-0.1, -0.05) is 72.8 Å². The first kappa shape index (κ1) is 22.5. The lowest BCUT2D eigenvalue weighted by atomic mass is 10.1. The van der Waals surface area contributed by atoms with Crippen molar-refractivity contribution in [3.8, 4) is 22.1 Å². The summed E-state index contributed by atoms with van der Waals surface area (Å²) in [5.41, 5.74) is 7.93. The summed E-state index contributed by atoms with van der Waals surface area (Å²) in [4.78, 5) is 9.68. The number of rotatable bonds is 3. The van der Waals surface area contributed by atoms with Gasteiger partial charge in [0, 0.05) is 39.0 Å². The van der Waals surface area contributed by atoms with Crippen molar-refractivity contribution in [2.45, 2.75) is 0 Å². The van der Waals surface area contributed by atoms with Gasteiger partial charge in [-0.3, -0.25) is 4.57 Å². The molecule has 0 saturated heterocycles. The van der Waals surface area contributed by atoms with Crippen LogP contribution in [-0.2, 0) is 0 Å². The summed E-state index contributed by atoms with van der Waals surface area (Å²) >= 11 is 1.74. The smallest absolute Gasteiger partial charge is 0.137 e. The Morgan fingerprint density at radius 1 is 0.512 bits per heavy atom. The molecule has 0 spiro atoms. The Kier molecular flexibility index (Phi) is 4.74. The summed E-state index contributed by atoms with van der Waals surface area (Å²) in [5.74, 6) is 0.913. The Balaban J connectivity index is 1.34. The number of aromatic nitrogens is 4. The highest BCUT2D eigenvalue weighted by Crippen LogP contribution is 2.39. The fraction of sp³-hybridized carbons (Fsp3) is 0. The SMILES string of the molecule is c1ccc(-n2c3ccccc3c3ccc(-n4c5ccccc5c5ccc(-c6nc7ccccc7s6)cc54)cc32)nc1. The lowest BCUT2D eigenvalue weighted by Gasteiger charge is -2.11. The number of hydrogen-bond acceptors (Lipinski definition) is 3. The van der Waals surface area contributed by atoms with Crippen molar-refractivity contribution in [2.24, 2.45) is 0 Å². The summed E-state index contributed by atoms with van der Waals surface area (Å²) in [5, 5.41) is 5.95. The Labute approximate surface area is 239 Å². The van der Waals surface area contributed by atoms with Crippen LogP contribution in [0.2, 0.25) is 0 Å². The molecule has 4 aromatic heterocycles. The van der Waals surface area contributed by atoms with E-state index in [1.165, 1.54) is 37.3 Å². The molecule has 0 aliphatic carbocycles. The number of pyridine rings is 1. The zero-order valence-corrected chi connectivity index (χ0v) is 22.7. The summed E-state index contributed by atoms with van der Waals surface area (Å²) in [6.07, 6.45) is 1.86. The molecule has 0 aliphatic rings. The van der Waals surface area contributed by atoms with Crippen LogP contribution in [0.15, 0.2) is 134 Å². The van der Waals surface area contributed by atoms with Crippen LogP contribution in [0.3, 0.4) is 0 Å². The van der Waals surface area contributed by atoms with Crippen molar-refractivity contribution in [1.82, 2.24) is 19.1 Å². The third-order valence-corrected chi connectivity index (χ3v) is 9.09. The second-order valence-electron chi connectivity index (χ2n) is 10.3. The molecular weight excluding hydrogens is 520 g/mol. The lowest BCUT2D eigenvalue weighted by molar-refractivity contribution is 1.08. The van der Waals surface area contributed by atoms with Crippen LogP contribution in [-0.4, -0.2) is 19.1 Å². The van der Waals surface area contributed by atoms with E-state index in [0.717, 1.165) is 38.6 Å². The molecule has 41 heavy (non-hydrogen) atoms. The van der Waals surface area contributed by atoms with Gasteiger partial charge in [0.05, 0.1) is 32.3 Å². The average Bonchev–Trinajstić information content (AvgIpc) is 3.71. The molecule has 5 heteroatoms. The lowest BCUT2D eigenvalue weighted by Crippen LogP contribution is -1.98. The molecule has 0 atom stereocenters. The first-order chi connectivity index (χ1) is 20.3. The normalized spacial score (nSPS) is 11.9. The standard InChI is InChI=1S/C36H22N4S/c1-4-12-30-25(9-1)27-18-16-23(36-38-29-11-3-6-14-34(29)41-36)21-32(27)39(30)24-17-19-28-26-10-2-5-13-31(26)40(33(28)22-24)35-15-7-8-20-37-35/h1-22H. The molecular formula is C36H22N4S. The van der Waals surface area contributed by atoms with Gasteiger partial charge < -0.3 is 4.57 Å². The van der Waals surface area contributed by atoms with Gasteiger partial charge in [-0.05, 0) is 54.6 Å². The van der Waals surface area contributed by atoms with Crippen molar-refractivity contribution in [3.63, 3.8) is 0 Å². The van der Waals surface area contributed by atoms with Crippen molar-refractivity contribution in [2.75, 3.05) is 0 Å². The van der Waals surface area contributed by atoms with Crippen molar-refractivity contribution in [3.05, 3.63) is 134 Å². The minimum Gasteiger partial charge on any atom is -0.309 e. The van der Waals surface area contributed by atoms with Crippen molar-refractivity contribution in [1.29, 1.82) is 0 Å². The largest absolute Gasteiger partial charge is 0.309 e. The maximum absolute atomic E-state index is 4.96. The van der Waals surface area contributed by atoms with Gasteiger partial charge in [0.2, 0.25) is 0 Å². The molecule has 192 valence electrons. The second-order valence-corrected chi connectivity index (χ2v) is 11.3. The third-order valence-electron chi connectivity index (χ3n) is 8.01. The van der Waals surface area contributed by atoms with Gasteiger partial charge in [0.25, 0.3) is 0 Å². The number of benzene rings is 5. The Hall–Kier alpha value is -5.26. The van der Waals surface area contributed by atoms with E-state index in [-0.39, 0.29) is 0 Å². The summed E-state index contributed by atoms with van der Waals surface area (Å²) in [6.45, 7) is 0. The first-order valence-electron chi connectivity index (χ1n) is 13.7. The molecule has 0 amide bonds. The fourth-order valence-corrected chi connectivity index (χ4v) is 7.17. The van der Waals surface area contributed by atoms with E-state index in [1.807, 2.05) is 24.4 Å². The molecule has 0 radical (unpaired) electrons. The first-order valence-corrected chi connectivity index (χ1v) is 14.5. The van der Waals surface area contributed by atoms with Crippen LogP contribution in [0.4, 0.5) is 0 Å². The highest BCUT2D eigenvalue weighted by atomic mass is 32.1. The molecule has 9 aromatic rings. The Morgan fingerprint density at radius 2 is 1.17 bits per heavy atom. The monoisotopic (exact) mass is 542 g/mol. The van der Waals surface area contributed by atoms with Gasteiger partial charge in [-0.15, -0.1) is 11.3 Å². The summed E-state index contributed by atoms with van der Waals surface area (Å²) in [6, 6.07) is 45.2. The fourth-order valence-electron chi connectivity index (χ4n) is 6.21. The van der Waals surface area contributed by atoms with Crippen LogP contribution in [0, 0.1) is 0 Å². The molecule has 0 N–H and O–H groups in total. The van der Waals surface area contributed by atoms with Gasteiger partial charge >= 0.3 is 0 Å². The van der Waals surface area contributed by atoms with Crippen molar-refractivity contribution >= 4 is 65.2 Å². The topological polar surface area (TPSA) is 35.6 Å². The van der Waals surface area contributed by atoms with E-state index in [4.69, 9.17) is 9.97 Å². The number of para-hydroxylation sites is 3. The zero-order valence-electron chi connectivity index (χ0n) is 21.9. The predicted molar refractivity (Wildman–Crippen MR) is 172 cm³/mol. The minimum absolute atomic E-state index is 0.913. The molecule has 0 unspecified atom stereocenters. The quantitative estimate of drug-likeness (QED) is 0.223. The molecule has 4 heterocycles. The number of hydrogen-bond donors (Lipinski definition) is 0. The third kappa shape index (κ3) is 3.33. The molecule has 5 aromatic carbocycles. The molecule has 0 aliphatic heterocycles. The van der Waals surface area contributed by atoms with Crippen LogP contribution in [0.1, 0.15) is 0 Å². The Bertz CT molecular complexity index is 2400. The van der Waals surface area contributed by atoms with Crippen LogP contribution in [0.25, 0.3) is 75.9 Å². The Morgan fingerprint density at radius 3 is 1.95 bits per heavy atom. The highest BCUT2D eigenvalue weighted by Gasteiger charge is 2.17. The molecule has 0 bridgehead atoms. The van der Waals surface area contributed by atoms with E-state index >= 15 is 0 Å². The molecule has 9 rings (SSSR count). The highest BCUT2D eigenvalue weighted by molar-refractivity contribution is 7.21. The number of nitrogens with zero attached hydrogens (tertiary/aromatic N) is 4. The number of fused-ring (bicyclic) bond motifs is 7. The zero-order chi connectivity index (χ0) is 26.9. The van der Waals surface area contributed by atoms with Gasteiger partial charge in [0.1, 0.15) is 10.8 Å². The second kappa shape index (κ2) is 8.62.